The molecule has 2 aromatic carbocycles. The van der Waals surface area contributed by atoms with Crippen LogP contribution in [0.1, 0.15) is 29.8 Å². The number of anilines is 1. The van der Waals surface area contributed by atoms with Crippen LogP contribution in [0.2, 0.25) is 5.02 Å². The summed E-state index contributed by atoms with van der Waals surface area (Å²) < 4.78 is 1.95. The fourth-order valence-electron chi connectivity index (χ4n) is 2.77. The predicted molar refractivity (Wildman–Crippen MR) is 117 cm³/mol. The topological polar surface area (TPSA) is 76.9 Å². The minimum atomic E-state index is -0.179. The second-order valence-corrected chi connectivity index (χ2v) is 7.84. The molecule has 6 nitrogen and oxygen atoms in total. The molecular weight excluding hydrogens is 408 g/mol. The number of amides is 1. The number of nitrogens with one attached hydrogen (secondary N) is 1. The summed E-state index contributed by atoms with van der Waals surface area (Å²) in [4.78, 5) is 23.8. The van der Waals surface area contributed by atoms with Gasteiger partial charge in [-0.05, 0) is 44.5 Å². The van der Waals surface area contributed by atoms with E-state index in [1.54, 1.807) is 24.3 Å². The van der Waals surface area contributed by atoms with Crippen molar-refractivity contribution in [1.29, 1.82) is 0 Å². The summed E-state index contributed by atoms with van der Waals surface area (Å²) in [6.07, 6.45) is 0. The lowest BCUT2D eigenvalue weighted by Gasteiger charge is -2.09. The van der Waals surface area contributed by atoms with Crippen LogP contribution in [0.25, 0.3) is 11.4 Å². The number of aromatic nitrogens is 3. The number of thioether (sulfide) groups is 1. The molecule has 29 heavy (non-hydrogen) atoms. The highest BCUT2D eigenvalue weighted by molar-refractivity contribution is 7.99. The van der Waals surface area contributed by atoms with Gasteiger partial charge in [0.1, 0.15) is 0 Å². The molecule has 3 rings (SSSR count). The third-order valence-corrected chi connectivity index (χ3v) is 5.72. The van der Waals surface area contributed by atoms with Crippen molar-refractivity contribution in [2.75, 3.05) is 11.1 Å². The van der Waals surface area contributed by atoms with Crippen LogP contribution in [0.5, 0.6) is 0 Å². The molecule has 3 aromatic rings. The van der Waals surface area contributed by atoms with E-state index in [0.29, 0.717) is 33.8 Å². The average molecular weight is 429 g/mol. The molecule has 1 N–H and O–H groups in total. The minimum Gasteiger partial charge on any atom is -0.325 e. The third-order valence-electron chi connectivity index (χ3n) is 4.35. The fourth-order valence-corrected chi connectivity index (χ4v) is 3.75. The zero-order valence-corrected chi connectivity index (χ0v) is 18.0. The van der Waals surface area contributed by atoms with Gasteiger partial charge in [-0.1, -0.05) is 47.6 Å². The van der Waals surface area contributed by atoms with Crippen molar-refractivity contribution in [2.24, 2.45) is 0 Å². The SMILES string of the molecule is CCn1c(SCC(=O)Nc2cccc(C(C)=O)c2)nnc1-c1ccc(C)c(Cl)c1. The molecule has 0 aliphatic heterocycles. The second-order valence-electron chi connectivity index (χ2n) is 6.49. The Morgan fingerprint density at radius 1 is 1.17 bits per heavy atom. The highest BCUT2D eigenvalue weighted by Crippen LogP contribution is 2.27. The van der Waals surface area contributed by atoms with Crippen molar-refractivity contribution in [3.8, 4) is 11.4 Å². The number of nitrogens with zero attached hydrogens (tertiary/aromatic N) is 3. The Hall–Kier alpha value is -2.64. The summed E-state index contributed by atoms with van der Waals surface area (Å²) in [5, 5.41) is 12.7. The zero-order chi connectivity index (χ0) is 21.0. The summed E-state index contributed by atoms with van der Waals surface area (Å²) in [5.74, 6) is 0.667. The predicted octanol–water partition coefficient (Wildman–Crippen LogP) is 4.86. The van der Waals surface area contributed by atoms with Gasteiger partial charge in [0.25, 0.3) is 0 Å². The van der Waals surface area contributed by atoms with Crippen molar-refractivity contribution in [3.05, 3.63) is 58.6 Å². The molecule has 0 saturated heterocycles. The minimum absolute atomic E-state index is 0.0461. The molecule has 0 atom stereocenters. The first-order valence-electron chi connectivity index (χ1n) is 9.12. The molecule has 1 amide bonds. The molecule has 0 aliphatic carbocycles. The van der Waals surface area contributed by atoms with Crippen LogP contribution < -0.4 is 5.32 Å². The van der Waals surface area contributed by atoms with Crippen molar-refractivity contribution in [1.82, 2.24) is 14.8 Å². The molecule has 0 radical (unpaired) electrons. The lowest BCUT2D eigenvalue weighted by Crippen LogP contribution is -2.15. The number of rotatable bonds is 7. The van der Waals surface area contributed by atoms with Gasteiger partial charge in [0.05, 0.1) is 5.75 Å². The summed E-state index contributed by atoms with van der Waals surface area (Å²) >= 11 is 7.55. The molecule has 1 heterocycles. The maximum absolute atomic E-state index is 12.3. The van der Waals surface area contributed by atoms with E-state index in [0.717, 1.165) is 11.1 Å². The standard InChI is InChI=1S/C21H21ClN4O2S/c1-4-26-20(16-9-8-13(2)18(22)11-16)24-25-21(26)29-12-19(28)23-17-7-5-6-15(10-17)14(3)27/h5-11H,4,12H2,1-3H3,(H,23,28). The highest BCUT2D eigenvalue weighted by atomic mass is 35.5. The molecule has 150 valence electrons. The van der Waals surface area contributed by atoms with Gasteiger partial charge in [-0.25, -0.2) is 0 Å². The maximum atomic E-state index is 12.3. The third kappa shape index (κ3) is 5.05. The van der Waals surface area contributed by atoms with E-state index in [1.165, 1.54) is 18.7 Å². The van der Waals surface area contributed by atoms with Crippen molar-refractivity contribution in [2.45, 2.75) is 32.5 Å². The smallest absolute Gasteiger partial charge is 0.234 e. The van der Waals surface area contributed by atoms with E-state index in [2.05, 4.69) is 15.5 Å². The first-order chi connectivity index (χ1) is 13.9. The Morgan fingerprint density at radius 2 is 1.97 bits per heavy atom. The van der Waals surface area contributed by atoms with Crippen molar-refractivity contribution in [3.63, 3.8) is 0 Å². The Bertz CT molecular complexity index is 1060. The normalized spacial score (nSPS) is 10.8. The van der Waals surface area contributed by atoms with Gasteiger partial charge in [-0.3, -0.25) is 9.59 Å². The van der Waals surface area contributed by atoms with Gasteiger partial charge in [-0.15, -0.1) is 10.2 Å². The fraction of sp³-hybridized carbons (Fsp3) is 0.238. The van der Waals surface area contributed by atoms with Crippen LogP contribution in [-0.4, -0.2) is 32.2 Å². The van der Waals surface area contributed by atoms with Gasteiger partial charge in [0.2, 0.25) is 5.91 Å². The van der Waals surface area contributed by atoms with E-state index in [-0.39, 0.29) is 17.4 Å². The molecule has 8 heteroatoms. The van der Waals surface area contributed by atoms with Crippen LogP contribution >= 0.6 is 23.4 Å². The Labute approximate surface area is 178 Å². The van der Waals surface area contributed by atoms with Gasteiger partial charge >= 0.3 is 0 Å². The molecule has 0 unspecified atom stereocenters. The molecule has 0 bridgehead atoms. The van der Waals surface area contributed by atoms with Crippen LogP contribution in [0, 0.1) is 6.92 Å². The number of hydrogen-bond acceptors (Lipinski definition) is 5. The van der Waals surface area contributed by atoms with Crippen LogP contribution in [0.4, 0.5) is 5.69 Å². The second kappa shape index (κ2) is 9.24. The first kappa shape index (κ1) is 21.1. The van der Waals surface area contributed by atoms with Crippen molar-refractivity contribution >= 4 is 40.7 Å². The average Bonchev–Trinajstić information content (AvgIpc) is 3.11. The van der Waals surface area contributed by atoms with Gasteiger partial charge in [0, 0.05) is 28.4 Å². The van der Waals surface area contributed by atoms with Gasteiger partial charge in [-0.2, -0.15) is 0 Å². The summed E-state index contributed by atoms with van der Waals surface area (Å²) in [5.41, 5.74) is 3.03. The van der Waals surface area contributed by atoms with E-state index in [4.69, 9.17) is 11.6 Å². The molecule has 0 aliphatic rings. The van der Waals surface area contributed by atoms with Crippen LogP contribution in [0.15, 0.2) is 47.6 Å². The number of benzene rings is 2. The molecule has 1 aromatic heterocycles. The summed E-state index contributed by atoms with van der Waals surface area (Å²) in [6, 6.07) is 12.7. The zero-order valence-electron chi connectivity index (χ0n) is 16.4. The van der Waals surface area contributed by atoms with E-state index in [9.17, 15) is 9.59 Å². The number of Topliss-reactive ketones (excluding diaryl/α,β-unsaturated/α-hetero) is 1. The summed E-state index contributed by atoms with van der Waals surface area (Å²) in [6.45, 7) is 6.11. The highest BCUT2D eigenvalue weighted by Gasteiger charge is 2.15. The largest absolute Gasteiger partial charge is 0.325 e. The number of ketones is 1. The van der Waals surface area contributed by atoms with Gasteiger partial charge in [0.15, 0.2) is 16.8 Å². The lowest BCUT2D eigenvalue weighted by molar-refractivity contribution is -0.113. The number of halogens is 1. The van der Waals surface area contributed by atoms with Crippen LogP contribution in [-0.2, 0) is 11.3 Å². The van der Waals surface area contributed by atoms with Crippen molar-refractivity contribution < 1.29 is 9.59 Å². The number of carbonyl (C=O) groups excluding carboxylic acids is 2. The first-order valence-corrected chi connectivity index (χ1v) is 10.5. The maximum Gasteiger partial charge on any atom is 0.234 e. The Balaban J connectivity index is 1.70. The Kier molecular flexibility index (Phi) is 6.71. The quantitative estimate of drug-likeness (QED) is 0.429. The van der Waals surface area contributed by atoms with Crippen LogP contribution in [0.3, 0.4) is 0 Å². The molecule has 0 fully saturated rings. The molecule has 0 spiro atoms. The number of aryl methyl sites for hydroxylation is 1. The number of carbonyl (C=O) groups is 2. The number of hydrogen-bond donors (Lipinski definition) is 1. The lowest BCUT2D eigenvalue weighted by atomic mass is 10.1. The van der Waals surface area contributed by atoms with E-state index < -0.39 is 0 Å². The Morgan fingerprint density at radius 3 is 2.66 bits per heavy atom. The molecule has 0 saturated carbocycles. The van der Waals surface area contributed by atoms with Gasteiger partial charge < -0.3 is 9.88 Å². The monoisotopic (exact) mass is 428 g/mol. The van der Waals surface area contributed by atoms with E-state index >= 15 is 0 Å². The summed E-state index contributed by atoms with van der Waals surface area (Å²) in [7, 11) is 0. The molecular formula is C21H21ClN4O2S. The van der Waals surface area contributed by atoms with E-state index in [1.807, 2.05) is 36.6 Å².